The second kappa shape index (κ2) is 6.60. The number of nitrogens with zero attached hydrogens (tertiary/aromatic N) is 2. The molecule has 1 heterocycles. The lowest BCUT2D eigenvalue weighted by Gasteiger charge is -2.34. The van der Waals surface area contributed by atoms with E-state index < -0.39 is 15.8 Å². The standard InChI is InChI=1S/C14H20ClFN2O2S/c1-17-7-5-13(6-8-17)18(2)21(19,20)14-9-12(16)4-3-11(14)10-15/h3-4,9,13H,5-8,10H2,1-2H3. The molecule has 0 unspecified atom stereocenters. The van der Waals surface area contributed by atoms with Crippen molar-refractivity contribution in [1.29, 1.82) is 0 Å². The van der Waals surface area contributed by atoms with Gasteiger partial charge in [0.1, 0.15) is 5.82 Å². The van der Waals surface area contributed by atoms with Crippen molar-refractivity contribution < 1.29 is 12.8 Å². The van der Waals surface area contributed by atoms with Crippen LogP contribution in [0.15, 0.2) is 23.1 Å². The zero-order valence-electron chi connectivity index (χ0n) is 12.2. The minimum Gasteiger partial charge on any atom is -0.306 e. The summed E-state index contributed by atoms with van der Waals surface area (Å²) in [5.74, 6) is -0.532. The summed E-state index contributed by atoms with van der Waals surface area (Å²) in [5.41, 5.74) is 0.429. The van der Waals surface area contributed by atoms with E-state index in [1.165, 1.54) is 16.4 Å². The zero-order valence-corrected chi connectivity index (χ0v) is 13.8. The molecule has 0 atom stereocenters. The Hall–Kier alpha value is -0.690. The lowest BCUT2D eigenvalue weighted by molar-refractivity contribution is 0.197. The minimum absolute atomic E-state index is 0.0288. The van der Waals surface area contributed by atoms with Crippen molar-refractivity contribution in [3.8, 4) is 0 Å². The van der Waals surface area contributed by atoms with Gasteiger partial charge in [0.05, 0.1) is 4.90 Å². The van der Waals surface area contributed by atoms with Gasteiger partial charge in [0, 0.05) is 19.0 Å². The van der Waals surface area contributed by atoms with Crippen LogP contribution in [0.4, 0.5) is 4.39 Å². The van der Waals surface area contributed by atoms with E-state index >= 15 is 0 Å². The quantitative estimate of drug-likeness (QED) is 0.793. The Kier molecular flexibility index (Phi) is 5.24. The maximum absolute atomic E-state index is 13.4. The van der Waals surface area contributed by atoms with E-state index in [1.807, 2.05) is 7.05 Å². The number of rotatable bonds is 4. The van der Waals surface area contributed by atoms with E-state index in [0.29, 0.717) is 5.56 Å². The van der Waals surface area contributed by atoms with E-state index in [4.69, 9.17) is 11.6 Å². The number of halogens is 2. The van der Waals surface area contributed by atoms with Crippen LogP contribution in [0.2, 0.25) is 0 Å². The molecule has 1 aliphatic rings. The van der Waals surface area contributed by atoms with Crippen LogP contribution in [0.25, 0.3) is 0 Å². The number of sulfonamides is 1. The van der Waals surface area contributed by atoms with E-state index in [2.05, 4.69) is 4.90 Å². The first-order chi connectivity index (χ1) is 9.86. The van der Waals surface area contributed by atoms with Crippen molar-refractivity contribution in [2.24, 2.45) is 0 Å². The Labute approximate surface area is 130 Å². The fourth-order valence-electron chi connectivity index (χ4n) is 2.59. The molecule has 0 N–H and O–H groups in total. The predicted molar refractivity (Wildman–Crippen MR) is 81.4 cm³/mol. The lowest BCUT2D eigenvalue weighted by Crippen LogP contribution is -2.44. The molecule has 7 heteroatoms. The van der Waals surface area contributed by atoms with Crippen molar-refractivity contribution >= 4 is 21.6 Å². The molecule has 1 saturated heterocycles. The molecule has 0 spiro atoms. The fourth-order valence-corrected chi connectivity index (χ4v) is 4.55. The number of hydrogen-bond donors (Lipinski definition) is 0. The Bertz CT molecular complexity index is 601. The van der Waals surface area contributed by atoms with Crippen LogP contribution in [0.1, 0.15) is 18.4 Å². The highest BCUT2D eigenvalue weighted by molar-refractivity contribution is 7.89. The molecule has 1 aliphatic heterocycles. The minimum atomic E-state index is -3.73. The normalized spacial score (nSPS) is 18.3. The maximum atomic E-state index is 13.4. The summed E-state index contributed by atoms with van der Waals surface area (Å²) in [6.07, 6.45) is 1.55. The molecule has 0 aromatic heterocycles. The molecule has 4 nitrogen and oxygen atoms in total. The molecule has 0 aliphatic carbocycles. The Morgan fingerprint density at radius 2 is 2.00 bits per heavy atom. The summed E-state index contributed by atoms with van der Waals surface area (Å²) in [4.78, 5) is 2.14. The van der Waals surface area contributed by atoms with Gasteiger partial charge in [-0.05, 0) is 50.7 Å². The topological polar surface area (TPSA) is 40.6 Å². The van der Waals surface area contributed by atoms with E-state index in [9.17, 15) is 12.8 Å². The zero-order chi connectivity index (χ0) is 15.6. The molecule has 0 saturated carbocycles. The van der Waals surface area contributed by atoms with Crippen LogP contribution in [-0.2, 0) is 15.9 Å². The maximum Gasteiger partial charge on any atom is 0.243 e. The summed E-state index contributed by atoms with van der Waals surface area (Å²) >= 11 is 5.79. The van der Waals surface area contributed by atoms with Crippen LogP contribution >= 0.6 is 11.6 Å². The number of hydrogen-bond acceptors (Lipinski definition) is 3. The number of benzene rings is 1. The predicted octanol–water partition coefficient (Wildman–Crippen LogP) is 2.28. The molecular formula is C14H20ClFN2O2S. The summed E-state index contributed by atoms with van der Waals surface area (Å²) < 4.78 is 40.3. The van der Waals surface area contributed by atoms with Crippen LogP contribution in [-0.4, -0.2) is 50.8 Å². The summed E-state index contributed by atoms with van der Waals surface area (Å²) in [6, 6.07) is 3.65. The van der Waals surface area contributed by atoms with Crippen molar-refractivity contribution in [1.82, 2.24) is 9.21 Å². The third kappa shape index (κ3) is 3.56. The van der Waals surface area contributed by atoms with Gasteiger partial charge in [-0.15, -0.1) is 11.6 Å². The first kappa shape index (κ1) is 16.7. The molecular weight excluding hydrogens is 315 g/mol. The van der Waals surface area contributed by atoms with E-state index in [1.54, 1.807) is 7.05 Å². The van der Waals surface area contributed by atoms with Crippen molar-refractivity contribution in [2.45, 2.75) is 29.7 Å². The Morgan fingerprint density at radius 1 is 1.38 bits per heavy atom. The number of likely N-dealkylation sites (tertiary alicyclic amines) is 1. The van der Waals surface area contributed by atoms with E-state index in [0.717, 1.165) is 32.0 Å². The van der Waals surface area contributed by atoms with Crippen LogP contribution in [0.5, 0.6) is 0 Å². The monoisotopic (exact) mass is 334 g/mol. The highest BCUT2D eigenvalue weighted by atomic mass is 35.5. The van der Waals surface area contributed by atoms with Gasteiger partial charge in [0.25, 0.3) is 0 Å². The smallest absolute Gasteiger partial charge is 0.243 e. The van der Waals surface area contributed by atoms with Gasteiger partial charge in [-0.3, -0.25) is 0 Å². The lowest BCUT2D eigenvalue weighted by atomic mass is 10.1. The molecule has 1 aromatic carbocycles. The SMILES string of the molecule is CN1CCC(N(C)S(=O)(=O)c2cc(F)ccc2CCl)CC1. The van der Waals surface area contributed by atoms with Gasteiger partial charge in [-0.1, -0.05) is 6.07 Å². The van der Waals surface area contributed by atoms with Gasteiger partial charge < -0.3 is 4.90 Å². The summed E-state index contributed by atoms with van der Waals surface area (Å²) in [6.45, 7) is 1.71. The average molecular weight is 335 g/mol. The third-order valence-corrected chi connectivity index (χ3v) is 6.31. The van der Waals surface area contributed by atoms with Gasteiger partial charge in [-0.2, -0.15) is 4.31 Å². The molecule has 1 fully saturated rings. The largest absolute Gasteiger partial charge is 0.306 e. The molecule has 0 bridgehead atoms. The molecule has 0 radical (unpaired) electrons. The number of alkyl halides is 1. The van der Waals surface area contributed by atoms with Gasteiger partial charge in [-0.25, -0.2) is 12.8 Å². The number of piperidine rings is 1. The highest BCUT2D eigenvalue weighted by Gasteiger charge is 2.31. The first-order valence-electron chi connectivity index (χ1n) is 6.87. The van der Waals surface area contributed by atoms with Crippen LogP contribution in [0.3, 0.4) is 0 Å². The molecule has 0 amide bonds. The highest BCUT2D eigenvalue weighted by Crippen LogP contribution is 2.26. The van der Waals surface area contributed by atoms with Gasteiger partial charge in [0.2, 0.25) is 10.0 Å². The molecule has 2 rings (SSSR count). The first-order valence-corrected chi connectivity index (χ1v) is 8.84. The average Bonchev–Trinajstić information content (AvgIpc) is 2.47. The summed E-state index contributed by atoms with van der Waals surface area (Å²) in [5, 5.41) is 0. The van der Waals surface area contributed by atoms with Crippen LogP contribution < -0.4 is 0 Å². The van der Waals surface area contributed by atoms with Crippen molar-refractivity contribution in [3.05, 3.63) is 29.6 Å². The fraction of sp³-hybridized carbons (Fsp3) is 0.571. The molecule has 1 aromatic rings. The van der Waals surface area contributed by atoms with E-state index in [-0.39, 0.29) is 16.8 Å². The van der Waals surface area contributed by atoms with Gasteiger partial charge >= 0.3 is 0 Å². The molecule has 21 heavy (non-hydrogen) atoms. The Morgan fingerprint density at radius 3 is 2.57 bits per heavy atom. The van der Waals surface area contributed by atoms with Crippen LogP contribution in [0, 0.1) is 5.82 Å². The Balaban J connectivity index is 2.31. The summed E-state index contributed by atoms with van der Waals surface area (Å²) in [7, 11) is -0.150. The third-order valence-electron chi connectivity index (χ3n) is 4.03. The molecule has 118 valence electrons. The van der Waals surface area contributed by atoms with Crippen molar-refractivity contribution in [3.63, 3.8) is 0 Å². The second-order valence-corrected chi connectivity index (χ2v) is 7.67. The van der Waals surface area contributed by atoms with Crippen molar-refractivity contribution in [2.75, 3.05) is 27.2 Å². The van der Waals surface area contributed by atoms with Gasteiger partial charge in [0.15, 0.2) is 0 Å². The second-order valence-electron chi connectivity index (χ2n) is 5.44.